The van der Waals surface area contributed by atoms with Gasteiger partial charge in [0, 0.05) is 12.0 Å². The van der Waals surface area contributed by atoms with Crippen LogP contribution in [0.4, 0.5) is 0 Å². The number of rotatable bonds is 1. The molecule has 0 aromatic heterocycles. The molecule has 1 fully saturated rings. The van der Waals surface area contributed by atoms with E-state index < -0.39 is 5.60 Å². The van der Waals surface area contributed by atoms with Gasteiger partial charge in [-0.2, -0.15) is 0 Å². The Labute approximate surface area is 96.5 Å². The lowest BCUT2D eigenvalue weighted by Gasteiger charge is -2.56. The molecule has 16 heavy (non-hydrogen) atoms. The van der Waals surface area contributed by atoms with Crippen LogP contribution in [0.25, 0.3) is 0 Å². The van der Waals surface area contributed by atoms with E-state index in [-0.39, 0.29) is 5.41 Å². The Morgan fingerprint density at radius 2 is 1.94 bits per heavy atom. The molecule has 0 saturated heterocycles. The highest BCUT2D eigenvalue weighted by Crippen LogP contribution is 2.59. The van der Waals surface area contributed by atoms with E-state index in [1.807, 2.05) is 6.07 Å². The van der Waals surface area contributed by atoms with E-state index in [2.05, 4.69) is 18.2 Å². The van der Waals surface area contributed by atoms with Gasteiger partial charge in [-0.1, -0.05) is 30.7 Å². The maximum atomic E-state index is 11.0. The predicted octanol–water partition coefficient (Wildman–Crippen LogP) is 1.95. The summed E-state index contributed by atoms with van der Waals surface area (Å²) >= 11 is 0. The van der Waals surface area contributed by atoms with Crippen molar-refractivity contribution in [2.75, 3.05) is 6.54 Å². The van der Waals surface area contributed by atoms with Gasteiger partial charge < -0.3 is 10.8 Å². The summed E-state index contributed by atoms with van der Waals surface area (Å²) in [5, 5.41) is 11.0. The lowest BCUT2D eigenvalue weighted by atomic mass is 9.51. The van der Waals surface area contributed by atoms with Gasteiger partial charge in [-0.3, -0.25) is 0 Å². The van der Waals surface area contributed by atoms with Gasteiger partial charge in [0.05, 0.1) is 0 Å². The molecule has 1 aromatic carbocycles. The van der Waals surface area contributed by atoms with E-state index in [4.69, 9.17) is 5.73 Å². The summed E-state index contributed by atoms with van der Waals surface area (Å²) in [7, 11) is 0. The molecule has 2 aliphatic carbocycles. The molecule has 0 radical (unpaired) electrons. The lowest BCUT2D eigenvalue weighted by molar-refractivity contribution is -0.140. The van der Waals surface area contributed by atoms with E-state index in [1.54, 1.807) is 0 Å². The molecule has 1 atom stereocenters. The minimum Gasteiger partial charge on any atom is -0.383 e. The Morgan fingerprint density at radius 1 is 1.19 bits per heavy atom. The fraction of sp³-hybridized carbons (Fsp3) is 0.571. The highest BCUT2D eigenvalue weighted by molar-refractivity contribution is 5.38. The summed E-state index contributed by atoms with van der Waals surface area (Å²) in [6, 6.07) is 8.24. The van der Waals surface area contributed by atoms with Crippen LogP contribution in [-0.4, -0.2) is 11.7 Å². The molecular weight excluding hydrogens is 198 g/mol. The second kappa shape index (κ2) is 3.31. The fourth-order valence-corrected chi connectivity index (χ4v) is 3.60. The van der Waals surface area contributed by atoms with Crippen molar-refractivity contribution in [2.24, 2.45) is 11.1 Å². The third kappa shape index (κ3) is 1.09. The van der Waals surface area contributed by atoms with Crippen LogP contribution in [0.3, 0.4) is 0 Å². The molecule has 3 N–H and O–H groups in total. The molecule has 2 heteroatoms. The van der Waals surface area contributed by atoms with Crippen LogP contribution in [0.1, 0.15) is 36.8 Å². The molecule has 1 saturated carbocycles. The van der Waals surface area contributed by atoms with Crippen LogP contribution in [0, 0.1) is 5.41 Å². The van der Waals surface area contributed by atoms with Crippen molar-refractivity contribution in [2.45, 2.75) is 37.7 Å². The molecular formula is C14H19NO. The topological polar surface area (TPSA) is 46.2 Å². The molecule has 0 bridgehead atoms. The molecule has 0 amide bonds. The molecule has 1 unspecified atom stereocenters. The second-order valence-electron chi connectivity index (χ2n) is 5.36. The first-order valence-electron chi connectivity index (χ1n) is 6.23. The first-order chi connectivity index (χ1) is 7.72. The number of hydrogen-bond acceptors (Lipinski definition) is 2. The summed E-state index contributed by atoms with van der Waals surface area (Å²) in [4.78, 5) is 0. The van der Waals surface area contributed by atoms with Gasteiger partial charge in [0.25, 0.3) is 0 Å². The second-order valence-corrected chi connectivity index (χ2v) is 5.36. The van der Waals surface area contributed by atoms with E-state index in [0.29, 0.717) is 6.54 Å². The first-order valence-corrected chi connectivity index (χ1v) is 6.23. The number of aryl methyl sites for hydroxylation is 1. The fourth-order valence-electron chi connectivity index (χ4n) is 3.60. The zero-order valence-electron chi connectivity index (χ0n) is 9.58. The Hall–Kier alpha value is -0.860. The van der Waals surface area contributed by atoms with Gasteiger partial charge >= 0.3 is 0 Å². The van der Waals surface area contributed by atoms with Gasteiger partial charge in [0.15, 0.2) is 0 Å². The van der Waals surface area contributed by atoms with Crippen molar-refractivity contribution in [3.05, 3.63) is 35.4 Å². The van der Waals surface area contributed by atoms with Gasteiger partial charge in [-0.15, -0.1) is 0 Å². The quantitative estimate of drug-likeness (QED) is 0.755. The van der Waals surface area contributed by atoms with E-state index in [1.165, 1.54) is 12.0 Å². The van der Waals surface area contributed by atoms with E-state index >= 15 is 0 Å². The summed E-state index contributed by atoms with van der Waals surface area (Å²) in [6.45, 7) is 0.351. The molecule has 0 heterocycles. The first kappa shape index (κ1) is 10.3. The molecule has 3 rings (SSSR count). The number of aliphatic hydroxyl groups is 1. The normalized spacial score (nSPS) is 30.9. The van der Waals surface area contributed by atoms with Crippen LogP contribution in [0.2, 0.25) is 0 Å². The van der Waals surface area contributed by atoms with Crippen molar-refractivity contribution >= 4 is 0 Å². The third-order valence-electron chi connectivity index (χ3n) is 4.82. The zero-order valence-corrected chi connectivity index (χ0v) is 9.58. The Morgan fingerprint density at radius 3 is 2.56 bits per heavy atom. The highest BCUT2D eigenvalue weighted by atomic mass is 16.3. The zero-order chi connectivity index (χ0) is 11.2. The van der Waals surface area contributed by atoms with E-state index in [0.717, 1.165) is 31.2 Å². The average Bonchev–Trinajstić information content (AvgIpc) is 2.28. The van der Waals surface area contributed by atoms with Crippen LogP contribution < -0.4 is 5.73 Å². The maximum absolute atomic E-state index is 11.0. The van der Waals surface area contributed by atoms with Crippen LogP contribution in [-0.2, 0) is 12.0 Å². The molecule has 1 spiro atoms. The summed E-state index contributed by atoms with van der Waals surface area (Å²) in [5.41, 5.74) is 7.56. The Balaban J connectivity index is 2.13. The van der Waals surface area contributed by atoms with Crippen molar-refractivity contribution in [3.63, 3.8) is 0 Å². The minimum atomic E-state index is -0.778. The van der Waals surface area contributed by atoms with Gasteiger partial charge in [-0.05, 0) is 36.8 Å². The van der Waals surface area contributed by atoms with Crippen LogP contribution in [0.15, 0.2) is 24.3 Å². The SMILES string of the molecule is NCC1(O)c2ccccc2CCC12CCC2. The number of benzene rings is 1. The number of hydrogen-bond donors (Lipinski definition) is 2. The molecule has 0 aliphatic heterocycles. The number of nitrogens with two attached hydrogens (primary N) is 1. The molecule has 1 aromatic rings. The van der Waals surface area contributed by atoms with Crippen molar-refractivity contribution in [1.29, 1.82) is 0 Å². The Bertz CT molecular complexity index is 411. The van der Waals surface area contributed by atoms with E-state index in [9.17, 15) is 5.11 Å². The third-order valence-corrected chi connectivity index (χ3v) is 4.82. The monoisotopic (exact) mass is 217 g/mol. The molecule has 2 aliphatic rings. The van der Waals surface area contributed by atoms with Crippen LogP contribution >= 0.6 is 0 Å². The van der Waals surface area contributed by atoms with Gasteiger partial charge in [0.1, 0.15) is 5.60 Å². The predicted molar refractivity (Wildman–Crippen MR) is 64.0 cm³/mol. The maximum Gasteiger partial charge on any atom is 0.108 e. The highest BCUT2D eigenvalue weighted by Gasteiger charge is 2.56. The van der Waals surface area contributed by atoms with Gasteiger partial charge in [-0.25, -0.2) is 0 Å². The largest absolute Gasteiger partial charge is 0.383 e. The van der Waals surface area contributed by atoms with Crippen molar-refractivity contribution < 1.29 is 5.11 Å². The summed E-state index contributed by atoms with van der Waals surface area (Å²) in [6.07, 6.45) is 5.70. The standard InChI is InChI=1S/C14H19NO/c15-10-14(16)12-5-2-1-4-11(12)6-9-13(14)7-3-8-13/h1-2,4-5,16H,3,6-10,15H2. The minimum absolute atomic E-state index is 0.0795. The smallest absolute Gasteiger partial charge is 0.108 e. The van der Waals surface area contributed by atoms with Gasteiger partial charge in [0.2, 0.25) is 0 Å². The van der Waals surface area contributed by atoms with Crippen molar-refractivity contribution in [1.82, 2.24) is 0 Å². The summed E-state index contributed by atoms with van der Waals surface area (Å²) in [5.74, 6) is 0. The van der Waals surface area contributed by atoms with Crippen molar-refractivity contribution in [3.8, 4) is 0 Å². The lowest BCUT2D eigenvalue weighted by Crippen LogP contribution is -2.57. The average molecular weight is 217 g/mol. The van der Waals surface area contributed by atoms with Crippen LogP contribution in [0.5, 0.6) is 0 Å². The molecule has 2 nitrogen and oxygen atoms in total. The Kier molecular flexibility index (Phi) is 2.13. The summed E-state index contributed by atoms with van der Waals surface area (Å²) < 4.78 is 0. The number of fused-ring (bicyclic) bond motifs is 1. The molecule has 86 valence electrons.